The van der Waals surface area contributed by atoms with Crippen molar-refractivity contribution in [2.45, 2.75) is 114 Å². The van der Waals surface area contributed by atoms with Crippen LogP contribution < -0.4 is 5.73 Å². The van der Waals surface area contributed by atoms with Gasteiger partial charge in [0.05, 0.1) is 11.0 Å². The van der Waals surface area contributed by atoms with E-state index in [2.05, 4.69) is 36.5 Å². The number of nitrogens with two attached hydrogens (primary N) is 1. The van der Waals surface area contributed by atoms with Crippen LogP contribution in [0.2, 0.25) is 0 Å². The fourth-order valence-electron chi connectivity index (χ4n) is 11.9. The Labute approximate surface area is 279 Å². The molecular weight excluding hydrogens is 586 g/mol. The Bertz CT molecular complexity index is 1520. The van der Waals surface area contributed by atoms with Crippen molar-refractivity contribution in [3.05, 3.63) is 71.3 Å². The van der Waals surface area contributed by atoms with Crippen molar-refractivity contribution < 1.29 is 23.9 Å². The first-order valence-corrected chi connectivity index (χ1v) is 18.8. The SMILES string of the molecule is NCCCc1cccc2c1C(=O)O[C@]21[C@@H](CCC2CCCC2)[C@]23C=CCC[C@@]21[C@H](C(=O)CCC[C@H]1CCC[C@H]2C=CC=C[C@@H]12)OC3=O. The normalized spacial score (nSPS) is 38.0. The Hall–Kier alpha value is -2.99. The lowest BCUT2D eigenvalue weighted by atomic mass is 9.31. The van der Waals surface area contributed by atoms with E-state index in [-0.39, 0.29) is 23.6 Å². The van der Waals surface area contributed by atoms with Gasteiger partial charge in [-0.05, 0) is 100.0 Å². The molecule has 2 N–H and O–H groups in total. The highest BCUT2D eigenvalue weighted by Crippen LogP contribution is 2.83. The van der Waals surface area contributed by atoms with Crippen LogP contribution in [-0.2, 0) is 31.1 Å². The second-order valence-corrected chi connectivity index (χ2v) is 15.8. The molecule has 8 atom stereocenters. The molecule has 4 fully saturated rings. The number of Topliss-reactive ketones (excluding diaryl/α,β-unsaturated/α-hetero) is 1. The predicted molar refractivity (Wildman–Crippen MR) is 180 cm³/mol. The molecule has 250 valence electrons. The van der Waals surface area contributed by atoms with E-state index < -0.39 is 22.5 Å². The van der Waals surface area contributed by atoms with E-state index in [1.54, 1.807) is 0 Å². The molecule has 3 saturated carbocycles. The molecule has 1 spiro atoms. The van der Waals surface area contributed by atoms with Crippen molar-refractivity contribution >= 4 is 17.7 Å². The van der Waals surface area contributed by atoms with Crippen molar-refractivity contribution in [3.63, 3.8) is 0 Å². The zero-order valence-corrected chi connectivity index (χ0v) is 27.8. The van der Waals surface area contributed by atoms with E-state index in [1.807, 2.05) is 18.2 Å². The van der Waals surface area contributed by atoms with Gasteiger partial charge in [-0.2, -0.15) is 0 Å². The molecule has 1 aromatic carbocycles. The van der Waals surface area contributed by atoms with Gasteiger partial charge in [0.25, 0.3) is 0 Å². The summed E-state index contributed by atoms with van der Waals surface area (Å²) in [5.74, 6) is 1.52. The lowest BCUT2D eigenvalue weighted by Crippen LogP contribution is -2.77. The van der Waals surface area contributed by atoms with Crippen molar-refractivity contribution in [1.82, 2.24) is 0 Å². The van der Waals surface area contributed by atoms with Gasteiger partial charge in [-0.1, -0.05) is 86.8 Å². The Balaban J connectivity index is 1.14. The third kappa shape index (κ3) is 4.41. The van der Waals surface area contributed by atoms with Crippen molar-refractivity contribution in [2.75, 3.05) is 6.54 Å². The fourth-order valence-corrected chi connectivity index (χ4v) is 11.9. The summed E-state index contributed by atoms with van der Waals surface area (Å²) in [6.45, 7) is 0.542. The van der Waals surface area contributed by atoms with Crippen LogP contribution in [0.25, 0.3) is 0 Å². The Morgan fingerprint density at radius 1 is 0.957 bits per heavy atom. The van der Waals surface area contributed by atoms with Gasteiger partial charge in [0.15, 0.2) is 17.5 Å². The molecule has 8 rings (SSSR count). The average Bonchev–Trinajstić information content (AvgIpc) is 3.79. The molecule has 0 radical (unpaired) electrons. The Kier molecular flexibility index (Phi) is 8.09. The first kappa shape index (κ1) is 31.3. The number of esters is 2. The third-order valence-corrected chi connectivity index (χ3v) is 13.8. The van der Waals surface area contributed by atoms with Crippen LogP contribution in [0.4, 0.5) is 0 Å². The maximum Gasteiger partial charge on any atom is 0.339 e. The molecule has 6 nitrogen and oxygen atoms in total. The zero-order valence-electron chi connectivity index (χ0n) is 27.8. The number of allylic oxidation sites excluding steroid dienone is 5. The van der Waals surface area contributed by atoms with E-state index >= 15 is 0 Å². The second kappa shape index (κ2) is 12.2. The highest BCUT2D eigenvalue weighted by atomic mass is 16.6. The van der Waals surface area contributed by atoms with Crippen LogP contribution in [0.1, 0.15) is 118 Å². The fraction of sp³-hybridized carbons (Fsp3) is 0.634. The average molecular weight is 638 g/mol. The van der Waals surface area contributed by atoms with Gasteiger partial charge in [-0.3, -0.25) is 9.59 Å². The van der Waals surface area contributed by atoms with Gasteiger partial charge in [0.1, 0.15) is 5.41 Å². The van der Waals surface area contributed by atoms with Crippen molar-refractivity contribution in [1.29, 1.82) is 0 Å². The summed E-state index contributed by atoms with van der Waals surface area (Å²) in [4.78, 5) is 42.9. The van der Waals surface area contributed by atoms with Gasteiger partial charge >= 0.3 is 11.9 Å². The number of benzene rings is 1. The molecule has 2 aliphatic heterocycles. The van der Waals surface area contributed by atoms with Crippen LogP contribution >= 0.6 is 0 Å². The molecule has 0 bridgehead atoms. The summed E-state index contributed by atoms with van der Waals surface area (Å²) < 4.78 is 13.1. The monoisotopic (exact) mass is 637 g/mol. The zero-order chi connectivity index (χ0) is 32.2. The number of hydrogen-bond donors (Lipinski definition) is 1. The molecule has 0 aromatic heterocycles. The molecule has 0 amide bonds. The van der Waals surface area contributed by atoms with E-state index in [4.69, 9.17) is 15.2 Å². The molecule has 6 heteroatoms. The molecule has 1 aromatic rings. The molecule has 47 heavy (non-hydrogen) atoms. The summed E-state index contributed by atoms with van der Waals surface area (Å²) >= 11 is 0. The van der Waals surface area contributed by atoms with Gasteiger partial charge in [-0.15, -0.1) is 0 Å². The van der Waals surface area contributed by atoms with Gasteiger partial charge in [0, 0.05) is 17.9 Å². The standard InChI is InChI=1S/C41H51NO5/c42-26-10-18-30-17-8-20-32-35(30)37(44)47-41(32)34(23-22-27-11-1-2-12-27)39-24-5-6-25-40(39,41)36(46-38(39)45)33(43)21-9-16-29-15-7-14-28-13-3-4-19-31(28)29/h3-5,8,13,17,19-20,24,27-29,31,34,36H,1-2,6-7,9-12,14-16,18,21-23,25-26,42H2/t28-,29-,31-,34+,36+,39+,40-,41+/m1/s1. The van der Waals surface area contributed by atoms with Gasteiger partial charge < -0.3 is 15.2 Å². The number of carbonyl (C=O) groups is 3. The quantitative estimate of drug-likeness (QED) is 0.197. The van der Waals surface area contributed by atoms with Crippen molar-refractivity contribution in [3.8, 4) is 0 Å². The van der Waals surface area contributed by atoms with Crippen LogP contribution in [0.3, 0.4) is 0 Å². The number of carbonyl (C=O) groups excluding carboxylic acids is 3. The molecule has 0 unspecified atom stereocenters. The Morgan fingerprint density at radius 2 is 1.81 bits per heavy atom. The van der Waals surface area contributed by atoms with Gasteiger partial charge in [0.2, 0.25) is 0 Å². The predicted octanol–water partition coefficient (Wildman–Crippen LogP) is 7.69. The number of cyclic esters (lactones) is 1. The van der Waals surface area contributed by atoms with Crippen LogP contribution in [0.15, 0.2) is 54.7 Å². The lowest BCUT2D eigenvalue weighted by Gasteiger charge is -2.69. The highest BCUT2D eigenvalue weighted by Gasteiger charge is 2.92. The highest BCUT2D eigenvalue weighted by molar-refractivity contribution is 6.01. The minimum absolute atomic E-state index is 0.000584. The number of ketones is 1. The molecule has 1 saturated heterocycles. The number of fused-ring (bicyclic) bond motifs is 3. The number of ether oxygens (including phenoxy) is 2. The molecule has 7 aliphatic rings. The van der Waals surface area contributed by atoms with E-state index in [0.717, 1.165) is 49.7 Å². The summed E-state index contributed by atoms with van der Waals surface area (Å²) in [5.41, 5.74) is 5.43. The maximum absolute atomic E-state index is 14.5. The van der Waals surface area contributed by atoms with Crippen LogP contribution in [0, 0.1) is 40.4 Å². The Morgan fingerprint density at radius 3 is 2.66 bits per heavy atom. The summed E-state index contributed by atoms with van der Waals surface area (Å²) in [5, 5.41) is 0. The molecule has 2 heterocycles. The number of aryl methyl sites for hydroxylation is 1. The minimum Gasteiger partial charge on any atom is -0.453 e. The number of hydrogen-bond acceptors (Lipinski definition) is 6. The van der Waals surface area contributed by atoms with Crippen LogP contribution in [0.5, 0.6) is 0 Å². The van der Waals surface area contributed by atoms with E-state index in [9.17, 15) is 14.4 Å². The maximum atomic E-state index is 14.5. The minimum atomic E-state index is -1.05. The summed E-state index contributed by atoms with van der Waals surface area (Å²) in [7, 11) is 0. The topological polar surface area (TPSA) is 95.7 Å². The lowest BCUT2D eigenvalue weighted by molar-refractivity contribution is -0.292. The van der Waals surface area contributed by atoms with E-state index in [1.165, 1.54) is 44.9 Å². The number of rotatable bonds is 11. The molecular formula is C41H51NO5. The van der Waals surface area contributed by atoms with E-state index in [0.29, 0.717) is 55.0 Å². The summed E-state index contributed by atoms with van der Waals surface area (Å²) in [6, 6.07) is 6.08. The summed E-state index contributed by atoms with van der Waals surface area (Å²) in [6.07, 6.45) is 27.7. The third-order valence-electron chi connectivity index (χ3n) is 13.8. The second-order valence-electron chi connectivity index (χ2n) is 15.8. The molecule has 5 aliphatic carbocycles. The van der Waals surface area contributed by atoms with Gasteiger partial charge in [-0.25, -0.2) is 4.79 Å². The van der Waals surface area contributed by atoms with Crippen molar-refractivity contribution in [2.24, 2.45) is 46.2 Å². The first-order valence-electron chi connectivity index (χ1n) is 18.8. The largest absolute Gasteiger partial charge is 0.453 e. The first-order chi connectivity index (χ1) is 23.0. The smallest absolute Gasteiger partial charge is 0.339 e. The van der Waals surface area contributed by atoms with Crippen LogP contribution in [-0.4, -0.2) is 30.4 Å².